The summed E-state index contributed by atoms with van der Waals surface area (Å²) in [5, 5.41) is 6.76. The Labute approximate surface area is 116 Å². The van der Waals surface area contributed by atoms with Gasteiger partial charge in [0, 0.05) is 34.1 Å². The molecule has 1 aromatic heterocycles. The van der Waals surface area contributed by atoms with Crippen LogP contribution in [-0.2, 0) is 4.79 Å². The van der Waals surface area contributed by atoms with Crippen LogP contribution in [0.15, 0.2) is 6.07 Å². The molecule has 0 aliphatic carbocycles. The lowest BCUT2D eigenvalue weighted by Crippen LogP contribution is -2.24. The van der Waals surface area contributed by atoms with Crippen LogP contribution in [0.1, 0.15) is 6.42 Å². The molecule has 0 bridgehead atoms. The second kappa shape index (κ2) is 6.66. The Kier molecular flexibility index (Phi) is 5.50. The molecular weight excluding hydrogens is 275 g/mol. The van der Waals surface area contributed by atoms with Crippen molar-refractivity contribution in [2.75, 3.05) is 38.3 Å². The summed E-state index contributed by atoms with van der Waals surface area (Å²) >= 11 is 11.9. The van der Waals surface area contributed by atoms with Gasteiger partial charge in [-0.2, -0.15) is 0 Å². The second-order valence-corrected chi connectivity index (χ2v) is 4.68. The first kappa shape index (κ1) is 14.9. The minimum Gasteiger partial charge on any atom is -0.372 e. The molecule has 0 spiro atoms. The van der Waals surface area contributed by atoms with Crippen molar-refractivity contribution in [1.82, 2.24) is 9.88 Å². The molecule has 1 aromatic rings. The van der Waals surface area contributed by atoms with Crippen molar-refractivity contribution < 1.29 is 4.79 Å². The highest BCUT2D eigenvalue weighted by Gasteiger charge is 2.09. The van der Waals surface area contributed by atoms with Crippen LogP contribution in [0.25, 0.3) is 0 Å². The number of hydrogen-bond acceptors (Lipinski definition) is 4. The largest absolute Gasteiger partial charge is 0.372 e. The summed E-state index contributed by atoms with van der Waals surface area (Å²) in [6.07, 6.45) is 0.378. The zero-order chi connectivity index (χ0) is 13.7. The number of hydrogen-bond donors (Lipinski definition) is 2. The van der Waals surface area contributed by atoms with Crippen molar-refractivity contribution in [2.45, 2.75) is 6.42 Å². The molecule has 0 saturated carbocycles. The summed E-state index contributed by atoms with van der Waals surface area (Å²) in [4.78, 5) is 17.2. The van der Waals surface area contributed by atoms with Crippen LogP contribution in [0, 0.1) is 0 Å². The standard InChI is InChI=1S/C11H16Cl2N4O/c1-14-10-7(12)6-8(13)11(16-10)15-5-4-9(18)17(2)3/h6H,4-5H2,1-3H3,(H2,14,15,16). The highest BCUT2D eigenvalue weighted by Crippen LogP contribution is 2.28. The van der Waals surface area contributed by atoms with Crippen molar-refractivity contribution >= 4 is 40.7 Å². The maximum absolute atomic E-state index is 11.4. The van der Waals surface area contributed by atoms with E-state index in [9.17, 15) is 4.79 Å². The zero-order valence-corrected chi connectivity index (χ0v) is 12.1. The Morgan fingerprint density at radius 3 is 2.50 bits per heavy atom. The van der Waals surface area contributed by atoms with E-state index in [1.54, 1.807) is 27.2 Å². The van der Waals surface area contributed by atoms with Crippen molar-refractivity contribution in [3.8, 4) is 0 Å². The molecule has 0 unspecified atom stereocenters. The van der Waals surface area contributed by atoms with Crippen LogP contribution in [-0.4, -0.2) is 43.5 Å². The van der Waals surface area contributed by atoms with E-state index in [0.29, 0.717) is 34.6 Å². The van der Waals surface area contributed by atoms with E-state index in [4.69, 9.17) is 23.2 Å². The van der Waals surface area contributed by atoms with E-state index < -0.39 is 0 Å². The average molecular weight is 291 g/mol. The van der Waals surface area contributed by atoms with Gasteiger partial charge in [0.2, 0.25) is 5.91 Å². The summed E-state index contributed by atoms with van der Waals surface area (Å²) in [7, 11) is 5.16. The summed E-state index contributed by atoms with van der Waals surface area (Å²) in [6, 6.07) is 1.61. The maximum Gasteiger partial charge on any atom is 0.223 e. The molecule has 5 nitrogen and oxygen atoms in total. The van der Waals surface area contributed by atoms with Crippen LogP contribution < -0.4 is 10.6 Å². The van der Waals surface area contributed by atoms with Gasteiger partial charge in [0.15, 0.2) is 0 Å². The van der Waals surface area contributed by atoms with Crippen molar-refractivity contribution in [3.05, 3.63) is 16.1 Å². The molecule has 1 amide bonds. The van der Waals surface area contributed by atoms with Gasteiger partial charge in [-0.05, 0) is 6.07 Å². The lowest BCUT2D eigenvalue weighted by atomic mass is 10.3. The van der Waals surface area contributed by atoms with E-state index >= 15 is 0 Å². The van der Waals surface area contributed by atoms with Crippen molar-refractivity contribution in [2.24, 2.45) is 0 Å². The molecule has 18 heavy (non-hydrogen) atoms. The molecule has 0 aromatic carbocycles. The summed E-state index contributed by atoms with van der Waals surface area (Å²) in [5.41, 5.74) is 0. The van der Waals surface area contributed by atoms with Gasteiger partial charge in [-0.15, -0.1) is 0 Å². The lowest BCUT2D eigenvalue weighted by Gasteiger charge is -2.12. The molecule has 2 N–H and O–H groups in total. The fourth-order valence-corrected chi connectivity index (χ4v) is 1.80. The highest BCUT2D eigenvalue weighted by atomic mass is 35.5. The number of amides is 1. The molecule has 100 valence electrons. The molecule has 0 aliphatic rings. The number of nitrogens with one attached hydrogen (secondary N) is 2. The van der Waals surface area contributed by atoms with Gasteiger partial charge in [0.05, 0.1) is 10.0 Å². The molecule has 0 atom stereocenters. The first-order valence-electron chi connectivity index (χ1n) is 5.43. The van der Waals surface area contributed by atoms with E-state index in [0.717, 1.165) is 0 Å². The Morgan fingerprint density at radius 1 is 1.33 bits per heavy atom. The fourth-order valence-electron chi connectivity index (χ4n) is 1.28. The minimum atomic E-state index is 0.0430. The average Bonchev–Trinajstić information content (AvgIpc) is 2.31. The second-order valence-electron chi connectivity index (χ2n) is 3.86. The summed E-state index contributed by atoms with van der Waals surface area (Å²) < 4.78 is 0. The van der Waals surface area contributed by atoms with Crippen LogP contribution in [0.4, 0.5) is 11.6 Å². The number of anilines is 2. The van der Waals surface area contributed by atoms with Crippen molar-refractivity contribution in [3.63, 3.8) is 0 Å². The lowest BCUT2D eigenvalue weighted by molar-refractivity contribution is -0.128. The van der Waals surface area contributed by atoms with Crippen LogP contribution in [0.5, 0.6) is 0 Å². The number of nitrogens with zero attached hydrogens (tertiary/aromatic N) is 2. The number of rotatable bonds is 5. The number of carbonyl (C=O) groups is 1. The third-order valence-corrected chi connectivity index (χ3v) is 2.87. The topological polar surface area (TPSA) is 57.3 Å². The Balaban J connectivity index is 2.65. The number of pyridine rings is 1. The van der Waals surface area contributed by atoms with E-state index in [1.165, 1.54) is 4.90 Å². The SMILES string of the molecule is CNc1nc(NCCC(=O)N(C)C)c(Cl)cc1Cl. The molecule has 0 radical (unpaired) electrons. The molecule has 0 fully saturated rings. The van der Waals surface area contributed by atoms with E-state index in [-0.39, 0.29) is 5.91 Å². The van der Waals surface area contributed by atoms with Gasteiger partial charge in [-0.25, -0.2) is 4.98 Å². The predicted octanol–water partition coefficient (Wildman–Crippen LogP) is 2.32. The number of carbonyl (C=O) groups excluding carboxylic acids is 1. The molecule has 7 heteroatoms. The van der Waals surface area contributed by atoms with Gasteiger partial charge in [0.25, 0.3) is 0 Å². The maximum atomic E-state index is 11.4. The fraction of sp³-hybridized carbons (Fsp3) is 0.455. The predicted molar refractivity (Wildman–Crippen MR) is 75.6 cm³/mol. The third-order valence-electron chi connectivity index (χ3n) is 2.30. The molecule has 1 heterocycles. The minimum absolute atomic E-state index is 0.0430. The van der Waals surface area contributed by atoms with Crippen molar-refractivity contribution in [1.29, 1.82) is 0 Å². The highest BCUT2D eigenvalue weighted by molar-refractivity contribution is 6.37. The third kappa shape index (κ3) is 3.92. The number of aromatic nitrogens is 1. The van der Waals surface area contributed by atoms with Gasteiger partial charge in [-0.1, -0.05) is 23.2 Å². The van der Waals surface area contributed by atoms with Gasteiger partial charge in [0.1, 0.15) is 11.6 Å². The number of halogens is 2. The molecular formula is C11H16Cl2N4O. The molecule has 0 aliphatic heterocycles. The van der Waals surface area contributed by atoms with Crippen LogP contribution in [0.3, 0.4) is 0 Å². The van der Waals surface area contributed by atoms with Gasteiger partial charge in [-0.3, -0.25) is 4.79 Å². The summed E-state index contributed by atoms with van der Waals surface area (Å²) in [5.74, 6) is 1.10. The quantitative estimate of drug-likeness (QED) is 0.874. The van der Waals surface area contributed by atoms with Crippen LogP contribution >= 0.6 is 23.2 Å². The normalized spacial score (nSPS) is 10.1. The Hall–Kier alpha value is -1.20. The molecule has 1 rings (SSSR count). The monoisotopic (exact) mass is 290 g/mol. The Morgan fingerprint density at radius 2 is 1.94 bits per heavy atom. The summed E-state index contributed by atoms with van der Waals surface area (Å²) in [6.45, 7) is 0.467. The van der Waals surface area contributed by atoms with Gasteiger partial charge < -0.3 is 15.5 Å². The first-order chi connectivity index (χ1) is 8.45. The Bertz CT molecular complexity index is 437. The van der Waals surface area contributed by atoms with E-state index in [1.807, 2.05) is 0 Å². The first-order valence-corrected chi connectivity index (χ1v) is 6.19. The van der Waals surface area contributed by atoms with Crippen LogP contribution in [0.2, 0.25) is 10.0 Å². The molecule has 0 saturated heterocycles. The van der Waals surface area contributed by atoms with E-state index in [2.05, 4.69) is 15.6 Å². The zero-order valence-electron chi connectivity index (χ0n) is 10.6. The van der Waals surface area contributed by atoms with Gasteiger partial charge >= 0.3 is 0 Å². The smallest absolute Gasteiger partial charge is 0.223 e.